The maximum atomic E-state index is 11.9. The first-order valence-electron chi connectivity index (χ1n) is 10.1. The summed E-state index contributed by atoms with van der Waals surface area (Å²) in [5.41, 5.74) is 5.76. The van der Waals surface area contributed by atoms with Gasteiger partial charge in [-0.25, -0.2) is 0 Å². The molecule has 0 radical (unpaired) electrons. The maximum absolute atomic E-state index is 11.9. The van der Waals surface area contributed by atoms with Crippen molar-refractivity contribution in [1.29, 1.82) is 0 Å². The summed E-state index contributed by atoms with van der Waals surface area (Å²) >= 11 is 0. The molecule has 0 saturated carbocycles. The molecule has 0 aromatic carbocycles. The van der Waals surface area contributed by atoms with Crippen LogP contribution in [0.5, 0.6) is 0 Å². The van der Waals surface area contributed by atoms with Gasteiger partial charge in [0.1, 0.15) is 18.2 Å². The number of aliphatic carboxylic acids is 1. The Morgan fingerprint density at radius 2 is 1.94 bits per heavy atom. The molecule has 31 heavy (non-hydrogen) atoms. The number of nitrogens with two attached hydrogens (primary N) is 1. The highest BCUT2D eigenvalue weighted by molar-refractivity contribution is 5.89. The van der Waals surface area contributed by atoms with E-state index in [0.717, 1.165) is 0 Å². The molecule has 1 aliphatic rings. The number of aliphatic hydroxyl groups excluding tert-OH is 3. The predicted octanol–water partition coefficient (Wildman–Crippen LogP) is -4.03. The molecule has 6 atom stereocenters. The van der Waals surface area contributed by atoms with Crippen LogP contribution in [0.15, 0.2) is 0 Å². The summed E-state index contributed by atoms with van der Waals surface area (Å²) in [5.74, 6) is -4.03. The van der Waals surface area contributed by atoms with E-state index in [2.05, 4.69) is 16.0 Å². The second-order valence-electron chi connectivity index (χ2n) is 7.64. The zero-order chi connectivity index (χ0) is 23.6. The monoisotopic (exact) mass is 450 g/mol. The van der Waals surface area contributed by atoms with Crippen LogP contribution in [0, 0.1) is 0 Å². The molecule has 1 heterocycles. The molecule has 0 bridgehead atoms. The first kappa shape index (κ1) is 27.2. The molecule has 13 heteroatoms. The summed E-state index contributed by atoms with van der Waals surface area (Å²) in [6, 6.07) is -1.91. The van der Waals surface area contributed by atoms with E-state index in [0.29, 0.717) is 25.9 Å². The van der Waals surface area contributed by atoms with Crippen LogP contribution in [0.1, 0.15) is 32.6 Å². The van der Waals surface area contributed by atoms with Gasteiger partial charge in [0.05, 0.1) is 25.3 Å². The van der Waals surface area contributed by atoms with E-state index >= 15 is 0 Å². The summed E-state index contributed by atoms with van der Waals surface area (Å²) in [5, 5.41) is 55.3. The summed E-state index contributed by atoms with van der Waals surface area (Å²) in [7, 11) is 0. The van der Waals surface area contributed by atoms with Crippen LogP contribution in [0.25, 0.3) is 0 Å². The van der Waals surface area contributed by atoms with Crippen molar-refractivity contribution in [2.45, 2.75) is 68.8 Å². The molecule has 1 aliphatic heterocycles. The van der Waals surface area contributed by atoms with Crippen LogP contribution >= 0.6 is 0 Å². The van der Waals surface area contributed by atoms with Crippen molar-refractivity contribution in [3.05, 3.63) is 0 Å². The van der Waals surface area contributed by atoms with E-state index in [9.17, 15) is 29.7 Å². The van der Waals surface area contributed by atoms with Gasteiger partial charge in [-0.05, 0) is 26.3 Å². The Bertz CT molecular complexity index is 609. The summed E-state index contributed by atoms with van der Waals surface area (Å²) in [6.07, 6.45) is -2.76. The number of hydrogen-bond donors (Lipinski definition) is 9. The van der Waals surface area contributed by atoms with Gasteiger partial charge < -0.3 is 52.0 Å². The van der Waals surface area contributed by atoms with Crippen molar-refractivity contribution in [2.24, 2.45) is 5.73 Å². The number of carbonyl (C=O) groups is 3. The van der Waals surface area contributed by atoms with Gasteiger partial charge in [0.2, 0.25) is 11.8 Å². The van der Waals surface area contributed by atoms with Crippen molar-refractivity contribution in [3.63, 3.8) is 0 Å². The van der Waals surface area contributed by atoms with Crippen LogP contribution in [0.3, 0.4) is 0 Å². The number of carbonyl (C=O) groups excluding carboxylic acids is 2. The fraction of sp³-hybridized carbons (Fsp3) is 0.833. The number of aliphatic hydroxyl groups is 4. The third-order valence-corrected chi connectivity index (χ3v) is 4.92. The molecule has 10 N–H and O–H groups in total. The van der Waals surface area contributed by atoms with Crippen LogP contribution in [0.4, 0.5) is 0 Å². The number of nitrogens with one attached hydrogen (secondary N) is 3. The van der Waals surface area contributed by atoms with Gasteiger partial charge in [-0.1, -0.05) is 0 Å². The fourth-order valence-electron chi connectivity index (χ4n) is 3.04. The molecule has 3 unspecified atom stereocenters. The minimum Gasteiger partial charge on any atom is -0.480 e. The van der Waals surface area contributed by atoms with Crippen molar-refractivity contribution < 1.29 is 44.7 Å². The lowest BCUT2D eigenvalue weighted by Crippen LogP contribution is -2.56. The first-order chi connectivity index (χ1) is 14.5. The lowest BCUT2D eigenvalue weighted by Gasteiger charge is -2.42. The Morgan fingerprint density at radius 1 is 1.26 bits per heavy atom. The molecule has 180 valence electrons. The van der Waals surface area contributed by atoms with E-state index in [1.807, 2.05) is 0 Å². The Kier molecular flexibility index (Phi) is 11.3. The molecule has 0 spiro atoms. The Morgan fingerprint density at radius 3 is 2.55 bits per heavy atom. The molecule has 0 aromatic heterocycles. The maximum Gasteiger partial charge on any atom is 0.325 e. The van der Waals surface area contributed by atoms with Gasteiger partial charge in [-0.3, -0.25) is 14.4 Å². The lowest BCUT2D eigenvalue weighted by atomic mass is 9.94. The van der Waals surface area contributed by atoms with Crippen LogP contribution in [-0.4, -0.2) is 106 Å². The van der Waals surface area contributed by atoms with E-state index in [-0.39, 0.29) is 19.4 Å². The summed E-state index contributed by atoms with van der Waals surface area (Å²) in [6.45, 7) is 1.18. The zero-order valence-electron chi connectivity index (χ0n) is 17.5. The van der Waals surface area contributed by atoms with Crippen molar-refractivity contribution in [3.8, 4) is 0 Å². The van der Waals surface area contributed by atoms with E-state index in [4.69, 9.17) is 20.7 Å². The number of hydrogen-bond acceptors (Lipinski definition) is 10. The Hall–Kier alpha value is -1.87. The van der Waals surface area contributed by atoms with Crippen LogP contribution in [0.2, 0.25) is 0 Å². The highest BCUT2D eigenvalue weighted by Gasteiger charge is 2.44. The molecule has 0 aromatic rings. The normalized spacial score (nSPS) is 27.9. The SMILES string of the molecule is CC(NC(=O)CNC(=O)[C@@H](N)CCCNCCC1(O)CC(O)[C@@H](O)[C@@H](CO)O1)C(=O)O. The van der Waals surface area contributed by atoms with Gasteiger partial charge in [0, 0.05) is 19.4 Å². The molecule has 0 aliphatic carbocycles. The minimum absolute atomic E-state index is 0.115. The van der Waals surface area contributed by atoms with E-state index in [1.54, 1.807) is 0 Å². The number of rotatable bonds is 13. The van der Waals surface area contributed by atoms with Crippen LogP contribution in [-0.2, 0) is 19.1 Å². The van der Waals surface area contributed by atoms with Gasteiger partial charge >= 0.3 is 5.97 Å². The Balaban J connectivity index is 2.19. The summed E-state index contributed by atoms with van der Waals surface area (Å²) < 4.78 is 5.28. The largest absolute Gasteiger partial charge is 0.480 e. The number of amides is 2. The topological polar surface area (TPSA) is 224 Å². The molecule has 1 saturated heterocycles. The van der Waals surface area contributed by atoms with Gasteiger partial charge in [0.15, 0.2) is 5.79 Å². The van der Waals surface area contributed by atoms with Gasteiger partial charge in [0.25, 0.3) is 0 Å². The molecular formula is C18H34N4O9. The lowest BCUT2D eigenvalue weighted by molar-refractivity contribution is -0.306. The van der Waals surface area contributed by atoms with Gasteiger partial charge in [-0.15, -0.1) is 0 Å². The highest BCUT2D eigenvalue weighted by Crippen LogP contribution is 2.29. The minimum atomic E-state index is -1.67. The Labute approximate surface area is 179 Å². The van der Waals surface area contributed by atoms with Crippen molar-refractivity contribution in [1.82, 2.24) is 16.0 Å². The summed E-state index contributed by atoms with van der Waals surface area (Å²) in [4.78, 5) is 34.1. The molecular weight excluding hydrogens is 416 g/mol. The smallest absolute Gasteiger partial charge is 0.325 e. The number of ether oxygens (including phenoxy) is 1. The van der Waals surface area contributed by atoms with Crippen molar-refractivity contribution >= 4 is 17.8 Å². The second-order valence-corrected chi connectivity index (χ2v) is 7.64. The van der Waals surface area contributed by atoms with Crippen LogP contribution < -0.4 is 21.7 Å². The molecule has 13 nitrogen and oxygen atoms in total. The number of carboxylic acids is 1. The third-order valence-electron chi connectivity index (χ3n) is 4.92. The fourth-order valence-corrected chi connectivity index (χ4v) is 3.04. The predicted molar refractivity (Wildman–Crippen MR) is 106 cm³/mol. The van der Waals surface area contributed by atoms with E-state index in [1.165, 1.54) is 6.92 Å². The highest BCUT2D eigenvalue weighted by atomic mass is 16.6. The quantitative estimate of drug-likeness (QED) is 0.123. The average Bonchev–Trinajstić information content (AvgIpc) is 2.71. The average molecular weight is 450 g/mol. The van der Waals surface area contributed by atoms with Gasteiger partial charge in [-0.2, -0.15) is 0 Å². The zero-order valence-corrected chi connectivity index (χ0v) is 17.5. The van der Waals surface area contributed by atoms with E-state index < -0.39 is 60.6 Å². The molecule has 2 amide bonds. The molecule has 1 rings (SSSR count). The second kappa shape index (κ2) is 12.9. The third kappa shape index (κ3) is 9.43. The number of carboxylic acid groups (broad SMARTS) is 1. The standard InChI is InChI=1S/C18H34N4O9/c1-10(17(28)29)22-14(25)8-21-16(27)11(19)3-2-5-20-6-4-18(30)7-12(24)15(26)13(9-23)31-18/h10-13,15,20,23-24,26,30H,2-9,19H2,1H3,(H,21,27)(H,22,25)(H,28,29)/t10?,11-,12?,13+,15+,18?/m0/s1. The molecule has 1 fully saturated rings. The first-order valence-corrected chi connectivity index (χ1v) is 10.1. The van der Waals surface area contributed by atoms with Crippen molar-refractivity contribution in [2.75, 3.05) is 26.2 Å².